The van der Waals surface area contributed by atoms with Gasteiger partial charge in [-0.25, -0.2) is 29.7 Å². The molecule has 6 aromatic rings. The van der Waals surface area contributed by atoms with E-state index in [4.69, 9.17) is 0 Å². The summed E-state index contributed by atoms with van der Waals surface area (Å²) < 4.78 is 0. The smallest absolute Gasteiger partial charge is 0.268 e. The first-order valence-electron chi connectivity index (χ1n) is 13.9. The fraction of sp³-hybridized carbons (Fsp3) is 0. The second-order valence-corrected chi connectivity index (χ2v) is 10.3. The zero-order valence-electron chi connectivity index (χ0n) is 23.2. The Morgan fingerprint density at radius 2 is 0.933 bits per heavy atom. The molecule has 0 spiro atoms. The van der Waals surface area contributed by atoms with E-state index in [2.05, 4.69) is 19.9 Å². The molecular weight excluding hydrogens is 570 g/mol. The van der Waals surface area contributed by atoms with E-state index in [9.17, 15) is 19.2 Å². The molecule has 0 saturated carbocycles. The van der Waals surface area contributed by atoms with Crippen LogP contribution in [0.4, 0.5) is 28.4 Å². The average molecular weight is 590 g/mol. The number of para-hydroxylation sites is 2. The number of rotatable bonds is 5. The Balaban J connectivity index is 1.49. The number of anilines is 5. The molecule has 11 heteroatoms. The van der Waals surface area contributed by atoms with E-state index in [0.717, 1.165) is 9.80 Å². The van der Waals surface area contributed by atoms with Crippen LogP contribution in [0.5, 0.6) is 0 Å². The third kappa shape index (κ3) is 3.84. The summed E-state index contributed by atoms with van der Waals surface area (Å²) >= 11 is 0. The topological polar surface area (TPSA) is 130 Å². The van der Waals surface area contributed by atoms with Crippen molar-refractivity contribution in [3.05, 3.63) is 139 Å². The van der Waals surface area contributed by atoms with E-state index in [0.29, 0.717) is 17.1 Å². The molecule has 2 aliphatic heterocycles. The highest BCUT2D eigenvalue weighted by Crippen LogP contribution is 2.47. The summed E-state index contributed by atoms with van der Waals surface area (Å²) in [6, 6.07) is 23.4. The number of benzene rings is 4. The van der Waals surface area contributed by atoms with Crippen LogP contribution in [0, 0.1) is 0 Å². The van der Waals surface area contributed by atoms with Gasteiger partial charge in [-0.2, -0.15) is 0 Å². The van der Waals surface area contributed by atoms with E-state index in [-0.39, 0.29) is 44.4 Å². The number of carbonyl (C=O) groups is 4. The first-order chi connectivity index (χ1) is 22.0. The van der Waals surface area contributed by atoms with E-state index in [1.807, 2.05) is 65.6 Å². The van der Waals surface area contributed by atoms with Crippen LogP contribution >= 0.6 is 0 Å². The van der Waals surface area contributed by atoms with Crippen LogP contribution in [0.1, 0.15) is 41.4 Å². The Morgan fingerprint density at radius 1 is 0.489 bits per heavy atom. The van der Waals surface area contributed by atoms with Crippen LogP contribution in [-0.2, 0) is 0 Å². The molecule has 2 aromatic heterocycles. The Labute approximate surface area is 255 Å². The minimum atomic E-state index is -0.642. The molecule has 0 atom stereocenters. The highest BCUT2D eigenvalue weighted by Gasteiger charge is 2.43. The van der Waals surface area contributed by atoms with Crippen LogP contribution in [0.2, 0.25) is 0 Å². The monoisotopic (exact) mass is 589 g/mol. The zero-order valence-corrected chi connectivity index (χ0v) is 23.2. The normalized spacial score (nSPS) is 13.9. The molecule has 0 fully saturated rings. The van der Waals surface area contributed by atoms with Gasteiger partial charge >= 0.3 is 0 Å². The summed E-state index contributed by atoms with van der Waals surface area (Å²) in [7, 11) is 0. The molecule has 4 aromatic carbocycles. The van der Waals surface area contributed by atoms with Crippen LogP contribution in [-0.4, -0.2) is 43.6 Å². The molecule has 0 saturated heterocycles. The molecule has 0 radical (unpaired) electrons. The van der Waals surface area contributed by atoms with Gasteiger partial charge in [-0.3, -0.25) is 19.2 Å². The van der Waals surface area contributed by atoms with Crippen molar-refractivity contribution < 1.29 is 19.2 Å². The molecule has 0 aliphatic carbocycles. The highest BCUT2D eigenvalue weighted by molar-refractivity contribution is 6.43. The Hall–Kier alpha value is -6.62. The Kier molecular flexibility index (Phi) is 5.78. The van der Waals surface area contributed by atoms with E-state index < -0.39 is 23.6 Å². The van der Waals surface area contributed by atoms with Crippen LogP contribution in [0.25, 0.3) is 10.8 Å². The van der Waals surface area contributed by atoms with Crippen molar-refractivity contribution in [3.63, 3.8) is 0 Å². The van der Waals surface area contributed by atoms with E-state index >= 15 is 0 Å². The predicted molar refractivity (Wildman–Crippen MR) is 165 cm³/mol. The number of aromatic nitrogens is 4. The number of hydrogen-bond acceptors (Lipinski definition) is 9. The van der Waals surface area contributed by atoms with Gasteiger partial charge in [-0.1, -0.05) is 36.4 Å². The highest BCUT2D eigenvalue weighted by atomic mass is 16.2. The summed E-state index contributed by atoms with van der Waals surface area (Å²) in [4.78, 5) is 76.8. The molecule has 8 rings (SSSR count). The lowest BCUT2D eigenvalue weighted by molar-refractivity contribution is 0.0873. The molecule has 214 valence electrons. The van der Waals surface area contributed by atoms with Gasteiger partial charge in [0.15, 0.2) is 0 Å². The number of amides is 4. The number of imide groups is 2. The third-order valence-corrected chi connectivity index (χ3v) is 7.86. The maximum atomic E-state index is 14.6. The minimum Gasteiger partial charge on any atom is -0.310 e. The summed E-state index contributed by atoms with van der Waals surface area (Å²) in [6.07, 6.45) is 8.14. The van der Waals surface area contributed by atoms with Gasteiger partial charge in [0.05, 0.1) is 53.0 Å². The second kappa shape index (κ2) is 9.99. The molecule has 0 unspecified atom stereocenters. The van der Waals surface area contributed by atoms with Gasteiger partial charge in [0, 0.05) is 33.3 Å². The van der Waals surface area contributed by atoms with Crippen molar-refractivity contribution in [2.24, 2.45) is 0 Å². The van der Waals surface area contributed by atoms with Crippen molar-refractivity contribution in [3.8, 4) is 0 Å². The SMILES string of the molecule is O=C1c2ccc3c4c(c(N(c5ccccc5)c5ccccc5)cc(c24)C(=O)N1c1cncnc1)C(=O)N(c1cncnc1)C3=O. The molecule has 4 heterocycles. The number of nitrogens with zero attached hydrogens (tertiary/aromatic N) is 7. The van der Waals surface area contributed by atoms with Crippen LogP contribution < -0.4 is 14.7 Å². The molecule has 11 nitrogen and oxygen atoms in total. The summed E-state index contributed by atoms with van der Waals surface area (Å²) in [5.74, 6) is -2.51. The minimum absolute atomic E-state index is 0.151. The lowest BCUT2D eigenvalue weighted by Crippen LogP contribution is -2.44. The second-order valence-electron chi connectivity index (χ2n) is 10.3. The predicted octanol–water partition coefficient (Wildman–Crippen LogP) is 5.49. The largest absolute Gasteiger partial charge is 0.310 e. The van der Waals surface area contributed by atoms with Gasteiger partial charge in [0.1, 0.15) is 12.7 Å². The summed E-state index contributed by atoms with van der Waals surface area (Å²) in [5.41, 5.74) is 2.77. The maximum Gasteiger partial charge on any atom is 0.268 e. The zero-order chi connectivity index (χ0) is 30.7. The summed E-state index contributed by atoms with van der Waals surface area (Å²) in [5, 5.41) is 0.465. The molecule has 2 aliphatic rings. The summed E-state index contributed by atoms with van der Waals surface area (Å²) in [6.45, 7) is 0. The van der Waals surface area contributed by atoms with Crippen LogP contribution in [0.3, 0.4) is 0 Å². The third-order valence-electron chi connectivity index (χ3n) is 7.86. The Morgan fingerprint density at radius 3 is 1.44 bits per heavy atom. The quantitative estimate of drug-likeness (QED) is 0.240. The van der Waals surface area contributed by atoms with E-state index in [1.165, 1.54) is 49.6 Å². The fourth-order valence-corrected chi connectivity index (χ4v) is 5.99. The fourth-order valence-electron chi connectivity index (χ4n) is 5.99. The van der Waals surface area contributed by atoms with Crippen molar-refractivity contribution in [1.29, 1.82) is 0 Å². The molecule has 4 amide bonds. The lowest BCUT2D eigenvalue weighted by Gasteiger charge is -2.35. The average Bonchev–Trinajstić information content (AvgIpc) is 3.08. The van der Waals surface area contributed by atoms with Crippen molar-refractivity contribution in [2.45, 2.75) is 0 Å². The van der Waals surface area contributed by atoms with Gasteiger partial charge in [-0.15, -0.1) is 0 Å². The van der Waals surface area contributed by atoms with Gasteiger partial charge in [0.25, 0.3) is 23.6 Å². The van der Waals surface area contributed by atoms with Crippen molar-refractivity contribution >= 4 is 62.8 Å². The standard InChI is InChI=1S/C34H19N7O4/c42-31-24-11-12-25-29-28(24)26(33(44)40(31)22-14-35-18-36-15-22)13-27(30(29)34(45)41(32(25)43)23-16-37-19-38-17-23)39(20-7-3-1-4-8-20)21-9-5-2-6-10-21/h1-19H. The Bertz CT molecular complexity index is 2160. The first kappa shape index (κ1) is 26.0. The molecular formula is C34H19N7O4. The van der Waals surface area contributed by atoms with Crippen LogP contribution in [0.15, 0.2) is 116 Å². The number of hydrogen-bond donors (Lipinski definition) is 0. The maximum absolute atomic E-state index is 14.6. The molecule has 0 N–H and O–H groups in total. The van der Waals surface area contributed by atoms with Gasteiger partial charge in [0.2, 0.25) is 0 Å². The molecule has 45 heavy (non-hydrogen) atoms. The first-order valence-corrected chi connectivity index (χ1v) is 13.9. The molecule has 0 bridgehead atoms. The van der Waals surface area contributed by atoms with E-state index in [1.54, 1.807) is 6.07 Å². The van der Waals surface area contributed by atoms with Gasteiger partial charge in [-0.05, 0) is 42.5 Å². The number of carbonyl (C=O) groups excluding carboxylic acids is 4. The van der Waals surface area contributed by atoms with Crippen molar-refractivity contribution in [2.75, 3.05) is 14.7 Å². The van der Waals surface area contributed by atoms with Gasteiger partial charge < -0.3 is 4.90 Å². The van der Waals surface area contributed by atoms with Crippen molar-refractivity contribution in [1.82, 2.24) is 19.9 Å². The lowest BCUT2D eigenvalue weighted by atomic mass is 9.84.